The summed E-state index contributed by atoms with van der Waals surface area (Å²) in [4.78, 5) is 18.0. The van der Waals surface area contributed by atoms with Crippen molar-refractivity contribution in [3.63, 3.8) is 0 Å². The van der Waals surface area contributed by atoms with E-state index in [9.17, 15) is 4.79 Å². The Morgan fingerprint density at radius 2 is 2.47 bits per heavy atom. The minimum Gasteiger partial charge on any atom is -0.340 e. The van der Waals surface area contributed by atoms with Crippen LogP contribution in [0.4, 0.5) is 0 Å². The van der Waals surface area contributed by atoms with Crippen LogP contribution in [0.2, 0.25) is 0 Å². The molecule has 2 rings (SSSR count). The van der Waals surface area contributed by atoms with E-state index in [2.05, 4.69) is 10.3 Å². The topological polar surface area (TPSA) is 50.2 Å². The van der Waals surface area contributed by atoms with Gasteiger partial charge in [0.05, 0.1) is 12.4 Å². The Balaban J connectivity index is 2.10. The fraction of sp³-hybridized carbons (Fsp3) is 0.600. The van der Waals surface area contributed by atoms with Crippen molar-refractivity contribution in [3.8, 4) is 0 Å². The van der Waals surface area contributed by atoms with Crippen LogP contribution >= 0.6 is 0 Å². The van der Waals surface area contributed by atoms with Gasteiger partial charge in [-0.2, -0.15) is 0 Å². The molecule has 5 heteroatoms. The first-order chi connectivity index (χ1) is 7.22. The SMILES string of the molecule is CCN(C(=O)c1cn(C)cn1)C1CNC1. The van der Waals surface area contributed by atoms with Gasteiger partial charge in [-0.15, -0.1) is 0 Å². The van der Waals surface area contributed by atoms with Gasteiger partial charge < -0.3 is 14.8 Å². The van der Waals surface area contributed by atoms with Crippen LogP contribution in [0, 0.1) is 0 Å². The number of rotatable bonds is 3. The summed E-state index contributed by atoms with van der Waals surface area (Å²) < 4.78 is 1.79. The quantitative estimate of drug-likeness (QED) is 0.752. The summed E-state index contributed by atoms with van der Waals surface area (Å²) in [7, 11) is 1.87. The summed E-state index contributed by atoms with van der Waals surface area (Å²) in [5, 5.41) is 3.17. The van der Waals surface area contributed by atoms with Crippen LogP contribution in [0.15, 0.2) is 12.5 Å². The van der Waals surface area contributed by atoms with Crippen LogP contribution in [-0.2, 0) is 7.05 Å². The molecular formula is C10H16N4O. The Morgan fingerprint density at radius 3 is 2.87 bits per heavy atom. The predicted octanol–water partition coefficient (Wildman–Crippen LogP) is -0.146. The zero-order valence-corrected chi connectivity index (χ0v) is 9.10. The molecule has 0 aliphatic carbocycles. The number of aryl methyl sites for hydroxylation is 1. The second-order valence-electron chi connectivity index (χ2n) is 3.83. The zero-order chi connectivity index (χ0) is 10.8. The Labute approximate surface area is 89.1 Å². The lowest BCUT2D eigenvalue weighted by Crippen LogP contribution is -2.58. The molecule has 5 nitrogen and oxygen atoms in total. The van der Waals surface area contributed by atoms with E-state index in [-0.39, 0.29) is 5.91 Å². The lowest BCUT2D eigenvalue weighted by Gasteiger charge is -2.37. The van der Waals surface area contributed by atoms with Crippen molar-refractivity contribution >= 4 is 5.91 Å². The third-order valence-electron chi connectivity index (χ3n) is 2.73. The molecule has 1 aromatic rings. The number of nitrogens with zero attached hydrogens (tertiary/aromatic N) is 3. The molecule has 0 saturated carbocycles. The summed E-state index contributed by atoms with van der Waals surface area (Å²) in [5.41, 5.74) is 0.534. The highest BCUT2D eigenvalue weighted by Crippen LogP contribution is 2.09. The molecule has 15 heavy (non-hydrogen) atoms. The Hall–Kier alpha value is -1.36. The van der Waals surface area contributed by atoms with Crippen molar-refractivity contribution in [2.24, 2.45) is 7.05 Å². The lowest BCUT2D eigenvalue weighted by atomic mass is 10.1. The molecule has 1 amide bonds. The molecule has 0 radical (unpaired) electrons. The van der Waals surface area contributed by atoms with E-state index < -0.39 is 0 Å². The van der Waals surface area contributed by atoms with Crippen LogP contribution < -0.4 is 5.32 Å². The molecule has 2 heterocycles. The van der Waals surface area contributed by atoms with Crippen molar-refractivity contribution in [1.82, 2.24) is 19.8 Å². The summed E-state index contributed by atoms with van der Waals surface area (Å²) in [6, 6.07) is 0.338. The fourth-order valence-electron chi connectivity index (χ4n) is 1.73. The first-order valence-electron chi connectivity index (χ1n) is 5.22. The average molecular weight is 208 g/mol. The minimum atomic E-state index is 0.0320. The Kier molecular flexibility index (Phi) is 2.73. The van der Waals surface area contributed by atoms with Crippen molar-refractivity contribution < 1.29 is 4.79 Å². The fourth-order valence-corrected chi connectivity index (χ4v) is 1.73. The molecule has 0 aromatic carbocycles. The molecule has 0 spiro atoms. The number of likely N-dealkylation sites (N-methyl/N-ethyl adjacent to an activating group) is 1. The molecule has 1 aliphatic heterocycles. The molecule has 1 saturated heterocycles. The maximum atomic E-state index is 12.0. The molecule has 0 bridgehead atoms. The number of aromatic nitrogens is 2. The van der Waals surface area contributed by atoms with E-state index in [1.165, 1.54) is 0 Å². The van der Waals surface area contributed by atoms with Crippen molar-refractivity contribution in [2.75, 3.05) is 19.6 Å². The summed E-state index contributed by atoms with van der Waals surface area (Å²) in [6.07, 6.45) is 3.41. The van der Waals surface area contributed by atoms with E-state index in [0.29, 0.717) is 11.7 Å². The number of nitrogens with one attached hydrogen (secondary N) is 1. The van der Waals surface area contributed by atoms with E-state index in [1.54, 1.807) is 17.1 Å². The van der Waals surface area contributed by atoms with Gasteiger partial charge in [-0.25, -0.2) is 4.98 Å². The highest BCUT2D eigenvalue weighted by molar-refractivity contribution is 5.92. The second kappa shape index (κ2) is 4.02. The highest BCUT2D eigenvalue weighted by Gasteiger charge is 2.28. The zero-order valence-electron chi connectivity index (χ0n) is 9.10. The van der Waals surface area contributed by atoms with Gasteiger partial charge in [0.25, 0.3) is 5.91 Å². The average Bonchev–Trinajstić information content (AvgIpc) is 2.57. The summed E-state index contributed by atoms with van der Waals surface area (Å²) >= 11 is 0. The smallest absolute Gasteiger partial charge is 0.274 e. The first kappa shape index (κ1) is 10.2. The third-order valence-corrected chi connectivity index (χ3v) is 2.73. The van der Waals surface area contributed by atoms with E-state index >= 15 is 0 Å². The molecular weight excluding hydrogens is 192 g/mol. The van der Waals surface area contributed by atoms with E-state index in [4.69, 9.17) is 0 Å². The van der Waals surface area contributed by atoms with E-state index in [0.717, 1.165) is 19.6 Å². The second-order valence-corrected chi connectivity index (χ2v) is 3.83. The molecule has 0 unspecified atom stereocenters. The van der Waals surface area contributed by atoms with Crippen molar-refractivity contribution in [3.05, 3.63) is 18.2 Å². The van der Waals surface area contributed by atoms with Crippen molar-refractivity contribution in [2.45, 2.75) is 13.0 Å². The number of hydrogen-bond donors (Lipinski definition) is 1. The predicted molar refractivity (Wildman–Crippen MR) is 56.6 cm³/mol. The van der Waals surface area contributed by atoms with Gasteiger partial charge in [-0.05, 0) is 6.92 Å². The van der Waals surface area contributed by atoms with Gasteiger partial charge in [0, 0.05) is 32.9 Å². The highest BCUT2D eigenvalue weighted by atomic mass is 16.2. The Bertz CT molecular complexity index is 356. The normalized spacial score (nSPS) is 16.1. The van der Waals surface area contributed by atoms with Gasteiger partial charge in [-0.3, -0.25) is 4.79 Å². The number of hydrogen-bond acceptors (Lipinski definition) is 3. The molecule has 0 atom stereocenters. The monoisotopic (exact) mass is 208 g/mol. The maximum Gasteiger partial charge on any atom is 0.274 e. The first-order valence-corrected chi connectivity index (χ1v) is 5.22. The molecule has 82 valence electrons. The van der Waals surface area contributed by atoms with Crippen LogP contribution in [0.3, 0.4) is 0 Å². The molecule has 1 N–H and O–H groups in total. The van der Waals surface area contributed by atoms with Crippen LogP contribution in [-0.4, -0.2) is 46.0 Å². The largest absolute Gasteiger partial charge is 0.340 e. The van der Waals surface area contributed by atoms with Gasteiger partial charge in [-0.1, -0.05) is 0 Å². The molecule has 1 fully saturated rings. The third kappa shape index (κ3) is 1.87. The number of amides is 1. The lowest BCUT2D eigenvalue weighted by molar-refractivity contribution is 0.0624. The van der Waals surface area contributed by atoms with Crippen LogP contribution in [0.1, 0.15) is 17.4 Å². The van der Waals surface area contributed by atoms with Crippen molar-refractivity contribution in [1.29, 1.82) is 0 Å². The van der Waals surface area contributed by atoms with Gasteiger partial charge in [0.15, 0.2) is 0 Å². The number of carbonyl (C=O) groups is 1. The summed E-state index contributed by atoms with van der Waals surface area (Å²) in [5.74, 6) is 0.0320. The van der Waals surface area contributed by atoms with E-state index in [1.807, 2.05) is 18.9 Å². The number of imidazole rings is 1. The summed E-state index contributed by atoms with van der Waals surface area (Å²) in [6.45, 7) is 4.53. The molecule has 1 aliphatic rings. The van der Waals surface area contributed by atoms with Gasteiger partial charge in [0.1, 0.15) is 5.69 Å². The minimum absolute atomic E-state index is 0.0320. The number of carbonyl (C=O) groups excluding carboxylic acids is 1. The Morgan fingerprint density at radius 1 is 1.73 bits per heavy atom. The maximum absolute atomic E-state index is 12.0. The van der Waals surface area contributed by atoms with Gasteiger partial charge >= 0.3 is 0 Å². The standard InChI is InChI=1S/C10H16N4O/c1-3-14(8-4-11-5-8)10(15)9-6-13(2)7-12-9/h6-8,11H,3-5H2,1-2H3. The van der Waals surface area contributed by atoms with Gasteiger partial charge in [0.2, 0.25) is 0 Å². The van der Waals surface area contributed by atoms with Crippen LogP contribution in [0.25, 0.3) is 0 Å². The molecule has 1 aromatic heterocycles. The van der Waals surface area contributed by atoms with Crippen LogP contribution in [0.5, 0.6) is 0 Å².